The molecule has 2 N–H and O–H groups in total. The van der Waals surface area contributed by atoms with Crippen LogP contribution in [-0.4, -0.2) is 24.6 Å². The first-order valence-corrected chi connectivity index (χ1v) is 8.14. The molecule has 0 radical (unpaired) electrons. The number of benzene rings is 2. The Bertz CT molecular complexity index is 627. The van der Waals surface area contributed by atoms with E-state index in [1.807, 2.05) is 36.6 Å². The van der Waals surface area contributed by atoms with Gasteiger partial charge in [-0.25, -0.2) is 0 Å². The zero-order valence-electron chi connectivity index (χ0n) is 12.3. The molecule has 2 aromatic carbocycles. The first kappa shape index (κ1) is 16.1. The number of nitrogens with one attached hydrogen (secondary N) is 2. The summed E-state index contributed by atoms with van der Waals surface area (Å²) in [5.74, 6) is -0.460. The number of hydrogen-bond acceptors (Lipinski definition) is 3. The van der Waals surface area contributed by atoms with Crippen molar-refractivity contribution in [3.05, 3.63) is 65.7 Å². The van der Waals surface area contributed by atoms with Crippen molar-refractivity contribution in [2.75, 3.05) is 12.8 Å². The van der Waals surface area contributed by atoms with Crippen LogP contribution in [0, 0.1) is 0 Å². The van der Waals surface area contributed by atoms with Gasteiger partial charge < -0.3 is 10.6 Å². The summed E-state index contributed by atoms with van der Waals surface area (Å²) in [6.45, 7) is 0.422. The summed E-state index contributed by atoms with van der Waals surface area (Å²) in [6.07, 6.45) is 2.02. The molecule has 22 heavy (non-hydrogen) atoms. The molecular formula is C17H18N2O2S. The van der Waals surface area contributed by atoms with Crippen LogP contribution in [0.3, 0.4) is 0 Å². The van der Waals surface area contributed by atoms with Crippen LogP contribution in [-0.2, 0) is 11.3 Å². The highest BCUT2D eigenvalue weighted by Crippen LogP contribution is 2.14. The third kappa shape index (κ3) is 4.93. The maximum Gasteiger partial charge on any atom is 0.251 e. The van der Waals surface area contributed by atoms with E-state index in [-0.39, 0.29) is 18.4 Å². The molecule has 0 unspecified atom stereocenters. The Morgan fingerprint density at radius 3 is 2.27 bits per heavy atom. The van der Waals surface area contributed by atoms with E-state index in [2.05, 4.69) is 10.6 Å². The average Bonchev–Trinajstić information content (AvgIpc) is 2.59. The highest BCUT2D eigenvalue weighted by Gasteiger charge is 2.07. The number of carbonyl (C=O) groups excluding carboxylic acids is 2. The maximum absolute atomic E-state index is 11.8. The van der Waals surface area contributed by atoms with Crippen LogP contribution in [0.2, 0.25) is 0 Å². The lowest BCUT2D eigenvalue weighted by molar-refractivity contribution is -0.120. The first-order chi connectivity index (χ1) is 10.7. The molecule has 0 bridgehead atoms. The lowest BCUT2D eigenvalue weighted by Gasteiger charge is -2.07. The fourth-order valence-electron chi connectivity index (χ4n) is 1.86. The lowest BCUT2D eigenvalue weighted by Crippen LogP contribution is -2.36. The van der Waals surface area contributed by atoms with Crippen LogP contribution >= 0.6 is 11.8 Å². The van der Waals surface area contributed by atoms with Gasteiger partial charge in [-0.1, -0.05) is 30.3 Å². The van der Waals surface area contributed by atoms with Gasteiger partial charge in [0.1, 0.15) is 0 Å². The van der Waals surface area contributed by atoms with Gasteiger partial charge in [-0.3, -0.25) is 9.59 Å². The first-order valence-electron chi connectivity index (χ1n) is 6.92. The minimum atomic E-state index is -0.250. The van der Waals surface area contributed by atoms with E-state index in [1.54, 1.807) is 36.0 Å². The molecule has 0 atom stereocenters. The molecule has 0 saturated heterocycles. The van der Waals surface area contributed by atoms with E-state index in [4.69, 9.17) is 0 Å². The van der Waals surface area contributed by atoms with Gasteiger partial charge in [-0.05, 0) is 36.1 Å². The molecular weight excluding hydrogens is 296 g/mol. The third-order valence-corrected chi connectivity index (χ3v) is 3.84. The lowest BCUT2D eigenvalue weighted by atomic mass is 10.2. The number of hydrogen-bond donors (Lipinski definition) is 2. The molecule has 2 amide bonds. The van der Waals surface area contributed by atoms with Gasteiger partial charge in [0.05, 0.1) is 6.54 Å². The summed E-state index contributed by atoms with van der Waals surface area (Å²) in [5, 5.41) is 5.38. The SMILES string of the molecule is CSc1ccc(CNC(=O)CNC(=O)c2ccccc2)cc1. The number of thioether (sulfide) groups is 1. The van der Waals surface area contributed by atoms with E-state index < -0.39 is 0 Å². The molecule has 0 aromatic heterocycles. The normalized spacial score (nSPS) is 10.0. The Morgan fingerprint density at radius 2 is 1.64 bits per heavy atom. The zero-order chi connectivity index (χ0) is 15.8. The zero-order valence-corrected chi connectivity index (χ0v) is 13.2. The van der Waals surface area contributed by atoms with E-state index >= 15 is 0 Å². The molecule has 0 heterocycles. The van der Waals surface area contributed by atoms with Crippen molar-refractivity contribution in [1.82, 2.24) is 10.6 Å². The van der Waals surface area contributed by atoms with Crippen molar-refractivity contribution in [3.63, 3.8) is 0 Å². The van der Waals surface area contributed by atoms with Crippen LogP contribution in [0.15, 0.2) is 59.5 Å². The second kappa shape index (κ2) is 8.24. The summed E-state index contributed by atoms with van der Waals surface area (Å²) >= 11 is 1.68. The number of amides is 2. The molecule has 2 aromatic rings. The van der Waals surface area contributed by atoms with Gasteiger partial charge in [0.15, 0.2) is 0 Å². The Hall–Kier alpha value is -2.27. The monoisotopic (exact) mass is 314 g/mol. The topological polar surface area (TPSA) is 58.2 Å². The Balaban J connectivity index is 1.74. The second-order valence-electron chi connectivity index (χ2n) is 4.67. The Labute approximate surface area is 134 Å². The maximum atomic E-state index is 11.8. The van der Waals surface area contributed by atoms with Crippen molar-refractivity contribution in [3.8, 4) is 0 Å². The molecule has 5 heteroatoms. The van der Waals surface area contributed by atoms with Crippen molar-refractivity contribution in [2.45, 2.75) is 11.4 Å². The molecule has 0 spiro atoms. The van der Waals surface area contributed by atoms with Gasteiger partial charge in [-0.2, -0.15) is 0 Å². The Morgan fingerprint density at radius 1 is 0.955 bits per heavy atom. The second-order valence-corrected chi connectivity index (χ2v) is 5.55. The number of rotatable bonds is 6. The molecule has 114 valence electrons. The summed E-state index contributed by atoms with van der Waals surface area (Å²) in [7, 11) is 0. The van der Waals surface area contributed by atoms with E-state index in [1.165, 1.54) is 4.90 Å². The quantitative estimate of drug-likeness (QED) is 0.805. The standard InChI is InChI=1S/C17H18N2O2S/c1-22-15-9-7-13(8-10-15)11-18-16(20)12-19-17(21)14-5-3-2-4-6-14/h2-10H,11-12H2,1H3,(H,18,20)(H,19,21). The van der Waals surface area contributed by atoms with Crippen LogP contribution in [0.1, 0.15) is 15.9 Å². The van der Waals surface area contributed by atoms with Crippen molar-refractivity contribution in [1.29, 1.82) is 0 Å². The molecule has 4 nitrogen and oxygen atoms in total. The highest BCUT2D eigenvalue weighted by molar-refractivity contribution is 7.98. The molecule has 0 aliphatic rings. The van der Waals surface area contributed by atoms with Crippen molar-refractivity contribution < 1.29 is 9.59 Å². The predicted octanol–water partition coefficient (Wildman–Crippen LogP) is 2.45. The number of carbonyl (C=O) groups is 2. The fraction of sp³-hybridized carbons (Fsp3) is 0.176. The van der Waals surface area contributed by atoms with Gasteiger partial charge in [0, 0.05) is 17.0 Å². The minimum Gasteiger partial charge on any atom is -0.350 e. The molecule has 0 aliphatic heterocycles. The van der Waals surface area contributed by atoms with Crippen LogP contribution in [0.25, 0.3) is 0 Å². The predicted molar refractivity (Wildman–Crippen MR) is 88.8 cm³/mol. The Kier molecular flexibility index (Phi) is 6.03. The van der Waals surface area contributed by atoms with Crippen LogP contribution in [0.5, 0.6) is 0 Å². The molecule has 0 saturated carbocycles. The largest absolute Gasteiger partial charge is 0.350 e. The van der Waals surface area contributed by atoms with Crippen molar-refractivity contribution >= 4 is 23.6 Å². The van der Waals surface area contributed by atoms with E-state index in [9.17, 15) is 9.59 Å². The molecule has 0 fully saturated rings. The van der Waals surface area contributed by atoms with Gasteiger partial charge in [0.25, 0.3) is 5.91 Å². The summed E-state index contributed by atoms with van der Waals surface area (Å²) in [4.78, 5) is 24.7. The van der Waals surface area contributed by atoms with Crippen molar-refractivity contribution in [2.24, 2.45) is 0 Å². The summed E-state index contributed by atoms with van der Waals surface area (Å²) in [6, 6.07) is 16.8. The fourth-order valence-corrected chi connectivity index (χ4v) is 2.27. The van der Waals surface area contributed by atoms with E-state index in [0.717, 1.165) is 5.56 Å². The van der Waals surface area contributed by atoms with E-state index in [0.29, 0.717) is 12.1 Å². The average molecular weight is 314 g/mol. The third-order valence-electron chi connectivity index (χ3n) is 3.09. The van der Waals surface area contributed by atoms with Gasteiger partial charge >= 0.3 is 0 Å². The minimum absolute atomic E-state index is 0.0311. The summed E-state index contributed by atoms with van der Waals surface area (Å²) < 4.78 is 0. The van der Waals surface area contributed by atoms with Gasteiger partial charge in [0.2, 0.25) is 5.91 Å². The van der Waals surface area contributed by atoms with Crippen LogP contribution in [0.4, 0.5) is 0 Å². The molecule has 0 aliphatic carbocycles. The van der Waals surface area contributed by atoms with Crippen LogP contribution < -0.4 is 10.6 Å². The van der Waals surface area contributed by atoms with Gasteiger partial charge in [-0.15, -0.1) is 11.8 Å². The molecule has 2 rings (SSSR count). The summed E-state index contributed by atoms with van der Waals surface area (Å²) in [5.41, 5.74) is 1.57. The smallest absolute Gasteiger partial charge is 0.251 e. The highest BCUT2D eigenvalue weighted by atomic mass is 32.2.